The van der Waals surface area contributed by atoms with E-state index in [4.69, 9.17) is 9.47 Å². The fourth-order valence-corrected chi connectivity index (χ4v) is 4.39. The molecule has 0 aromatic heterocycles. The molecule has 1 fully saturated rings. The molecule has 1 atom stereocenters. The number of carbonyl (C=O) groups is 1. The van der Waals surface area contributed by atoms with Gasteiger partial charge in [-0.1, -0.05) is 18.2 Å². The minimum absolute atomic E-state index is 0.00634. The summed E-state index contributed by atoms with van der Waals surface area (Å²) in [5.74, 6) is 2.23. The first kappa shape index (κ1) is 17.1. The highest BCUT2D eigenvalue weighted by Gasteiger charge is 2.33. The molecule has 0 radical (unpaired) electrons. The molecule has 136 valence electrons. The summed E-state index contributed by atoms with van der Waals surface area (Å²) in [6, 6.07) is 14.3. The zero-order valence-corrected chi connectivity index (χ0v) is 15.8. The van der Waals surface area contributed by atoms with Gasteiger partial charge < -0.3 is 19.3 Å². The molecule has 1 saturated heterocycles. The first-order chi connectivity index (χ1) is 12.6. The van der Waals surface area contributed by atoms with Crippen molar-refractivity contribution in [3.63, 3.8) is 0 Å². The number of ether oxygens (including phenoxy) is 2. The van der Waals surface area contributed by atoms with Crippen molar-refractivity contribution >= 4 is 23.4 Å². The highest BCUT2D eigenvalue weighted by molar-refractivity contribution is 8.00. The summed E-state index contributed by atoms with van der Waals surface area (Å²) in [5.41, 5.74) is 3.36. The van der Waals surface area contributed by atoms with E-state index in [1.165, 1.54) is 0 Å². The summed E-state index contributed by atoms with van der Waals surface area (Å²) in [6.45, 7) is 1.76. The van der Waals surface area contributed by atoms with Crippen molar-refractivity contribution in [2.24, 2.45) is 0 Å². The molecular weight excluding hydrogens is 348 g/mol. The average Bonchev–Trinajstić information content (AvgIpc) is 3.02. The van der Waals surface area contributed by atoms with Crippen LogP contribution in [0.2, 0.25) is 0 Å². The number of amides is 1. The molecule has 2 aliphatic rings. The van der Waals surface area contributed by atoms with Crippen LogP contribution in [0.1, 0.15) is 16.5 Å². The summed E-state index contributed by atoms with van der Waals surface area (Å²) in [4.78, 5) is 16.5. The fraction of sp³-hybridized carbons (Fsp3) is 0.350. The first-order valence-electron chi connectivity index (χ1n) is 8.69. The maximum absolute atomic E-state index is 12.5. The average molecular weight is 370 g/mol. The highest BCUT2D eigenvalue weighted by Crippen LogP contribution is 2.42. The van der Waals surface area contributed by atoms with E-state index in [9.17, 15) is 4.79 Å². The number of hydrogen-bond donors (Lipinski definition) is 0. The van der Waals surface area contributed by atoms with Crippen molar-refractivity contribution in [2.75, 3.05) is 38.0 Å². The molecule has 2 aromatic carbocycles. The Morgan fingerprint density at radius 1 is 1.08 bits per heavy atom. The van der Waals surface area contributed by atoms with Crippen molar-refractivity contribution < 1.29 is 14.3 Å². The summed E-state index contributed by atoms with van der Waals surface area (Å²) >= 11 is 1.66. The van der Waals surface area contributed by atoms with Crippen LogP contribution in [0.15, 0.2) is 42.5 Å². The Morgan fingerprint density at radius 3 is 2.54 bits per heavy atom. The van der Waals surface area contributed by atoms with Gasteiger partial charge in [-0.3, -0.25) is 4.79 Å². The van der Waals surface area contributed by atoms with Gasteiger partial charge in [-0.2, -0.15) is 0 Å². The van der Waals surface area contributed by atoms with E-state index in [0.717, 1.165) is 28.3 Å². The van der Waals surface area contributed by atoms with Gasteiger partial charge in [0.15, 0.2) is 11.5 Å². The van der Waals surface area contributed by atoms with E-state index in [0.29, 0.717) is 25.5 Å². The molecule has 26 heavy (non-hydrogen) atoms. The molecule has 6 heteroatoms. The number of fused-ring (bicyclic) bond motifs is 1. The van der Waals surface area contributed by atoms with E-state index in [2.05, 4.69) is 29.2 Å². The standard InChI is InChI=1S/C20H22N2O3S/c1-21(2)16-6-3-14(4-7-16)12-22-19(23)13-26-20(22)15-5-8-17-18(11-15)25-10-9-24-17/h3-8,11,20H,9-10,12-13H2,1-2H3. The van der Waals surface area contributed by atoms with Crippen molar-refractivity contribution in [2.45, 2.75) is 11.9 Å². The van der Waals surface area contributed by atoms with E-state index in [1.807, 2.05) is 37.2 Å². The smallest absolute Gasteiger partial charge is 0.234 e. The van der Waals surface area contributed by atoms with Gasteiger partial charge >= 0.3 is 0 Å². The Morgan fingerprint density at radius 2 is 1.81 bits per heavy atom. The van der Waals surface area contributed by atoms with Crippen LogP contribution in [0.5, 0.6) is 11.5 Å². The lowest BCUT2D eigenvalue weighted by Crippen LogP contribution is -2.27. The van der Waals surface area contributed by atoms with Crippen LogP contribution in [0.3, 0.4) is 0 Å². The largest absolute Gasteiger partial charge is 0.486 e. The number of hydrogen-bond acceptors (Lipinski definition) is 5. The predicted molar refractivity (Wildman–Crippen MR) is 104 cm³/mol. The molecule has 0 saturated carbocycles. The summed E-state index contributed by atoms with van der Waals surface area (Å²) in [6.07, 6.45) is 0. The summed E-state index contributed by atoms with van der Waals surface area (Å²) in [7, 11) is 4.04. The third kappa shape index (κ3) is 3.33. The normalized spacial score (nSPS) is 18.9. The molecule has 0 bridgehead atoms. The minimum atomic E-state index is 0.00634. The van der Waals surface area contributed by atoms with Crippen molar-refractivity contribution in [1.29, 1.82) is 0 Å². The topological polar surface area (TPSA) is 42.0 Å². The highest BCUT2D eigenvalue weighted by atomic mass is 32.2. The Labute approximate surface area is 157 Å². The molecule has 1 unspecified atom stereocenters. The Hall–Kier alpha value is -2.34. The Bertz CT molecular complexity index is 807. The van der Waals surface area contributed by atoms with Crippen LogP contribution in [0, 0.1) is 0 Å². The lowest BCUT2D eigenvalue weighted by molar-refractivity contribution is -0.128. The van der Waals surface area contributed by atoms with Gasteiger partial charge in [-0.15, -0.1) is 11.8 Å². The van der Waals surface area contributed by atoms with Crippen LogP contribution in [-0.2, 0) is 11.3 Å². The van der Waals surface area contributed by atoms with E-state index in [1.54, 1.807) is 11.8 Å². The molecule has 5 nitrogen and oxygen atoms in total. The van der Waals surface area contributed by atoms with Gasteiger partial charge in [0.2, 0.25) is 5.91 Å². The van der Waals surface area contributed by atoms with E-state index >= 15 is 0 Å². The van der Waals surface area contributed by atoms with E-state index < -0.39 is 0 Å². The van der Waals surface area contributed by atoms with Gasteiger partial charge in [0, 0.05) is 26.3 Å². The zero-order chi connectivity index (χ0) is 18.1. The lowest BCUT2D eigenvalue weighted by Gasteiger charge is -2.26. The second-order valence-corrected chi connectivity index (χ2v) is 7.72. The summed E-state index contributed by atoms with van der Waals surface area (Å²) < 4.78 is 11.3. The molecule has 2 heterocycles. The zero-order valence-electron chi connectivity index (χ0n) is 15.0. The monoisotopic (exact) mass is 370 g/mol. The molecule has 0 N–H and O–H groups in total. The molecule has 2 aliphatic heterocycles. The van der Waals surface area contributed by atoms with Crippen molar-refractivity contribution in [1.82, 2.24) is 4.90 Å². The SMILES string of the molecule is CN(C)c1ccc(CN2C(=O)CSC2c2ccc3c(c2)OCCO3)cc1. The van der Waals surface area contributed by atoms with Gasteiger partial charge in [-0.25, -0.2) is 0 Å². The summed E-state index contributed by atoms with van der Waals surface area (Å²) in [5, 5.41) is 0.00634. The molecule has 1 amide bonds. The van der Waals surface area contributed by atoms with Crippen molar-refractivity contribution in [3.8, 4) is 11.5 Å². The maximum atomic E-state index is 12.5. The van der Waals surface area contributed by atoms with E-state index in [-0.39, 0.29) is 11.3 Å². The molecule has 0 aliphatic carbocycles. The number of anilines is 1. The van der Waals surface area contributed by atoms with Crippen LogP contribution < -0.4 is 14.4 Å². The number of thioether (sulfide) groups is 1. The number of rotatable bonds is 4. The van der Waals surface area contributed by atoms with Gasteiger partial charge in [-0.05, 0) is 35.4 Å². The van der Waals surface area contributed by atoms with Crippen LogP contribution in [0.4, 0.5) is 5.69 Å². The molecule has 4 rings (SSSR count). The molecular formula is C20H22N2O3S. The quantitative estimate of drug-likeness (QED) is 0.826. The lowest BCUT2D eigenvalue weighted by atomic mass is 10.1. The molecule has 2 aromatic rings. The number of benzene rings is 2. The van der Waals surface area contributed by atoms with Gasteiger partial charge in [0.1, 0.15) is 18.6 Å². The minimum Gasteiger partial charge on any atom is -0.486 e. The van der Waals surface area contributed by atoms with Crippen LogP contribution in [0.25, 0.3) is 0 Å². The van der Waals surface area contributed by atoms with Crippen LogP contribution in [-0.4, -0.2) is 43.9 Å². The van der Waals surface area contributed by atoms with Crippen molar-refractivity contribution in [3.05, 3.63) is 53.6 Å². The molecule has 0 spiro atoms. The Kier molecular flexibility index (Phi) is 4.68. The van der Waals surface area contributed by atoms with Gasteiger partial charge in [0.25, 0.3) is 0 Å². The Balaban J connectivity index is 1.55. The third-order valence-electron chi connectivity index (χ3n) is 4.63. The predicted octanol–water partition coefficient (Wildman–Crippen LogP) is 3.30. The number of nitrogens with zero attached hydrogens (tertiary/aromatic N) is 2. The maximum Gasteiger partial charge on any atom is 0.234 e. The van der Waals surface area contributed by atoms with Gasteiger partial charge in [0.05, 0.1) is 5.75 Å². The third-order valence-corrected chi connectivity index (χ3v) is 5.88. The van der Waals surface area contributed by atoms with Crippen LogP contribution >= 0.6 is 11.8 Å². The fourth-order valence-electron chi connectivity index (χ4n) is 3.21. The second kappa shape index (κ2) is 7.11. The number of carbonyl (C=O) groups excluding carboxylic acids is 1. The first-order valence-corrected chi connectivity index (χ1v) is 9.73. The second-order valence-electron chi connectivity index (χ2n) is 6.65.